The zero-order valence-electron chi connectivity index (χ0n) is 11.5. The molecule has 1 fully saturated rings. The molecule has 4 nitrogen and oxygen atoms in total. The molecule has 1 heterocycles. The maximum atomic E-state index is 11.5. The Bertz CT molecular complexity index is 267. The van der Waals surface area contributed by atoms with Crippen LogP contribution >= 0.6 is 47.0 Å². The number of hydrogen-bond acceptors (Lipinski definition) is 6. The van der Waals surface area contributed by atoms with Gasteiger partial charge in [-0.15, -0.1) is 0 Å². The fraction of sp³-hybridized carbons (Fsp3) is 0.833. The van der Waals surface area contributed by atoms with Gasteiger partial charge in [0.15, 0.2) is 0 Å². The summed E-state index contributed by atoms with van der Waals surface area (Å²) in [5.41, 5.74) is 0. The first-order chi connectivity index (χ1) is 9.79. The van der Waals surface area contributed by atoms with Crippen molar-refractivity contribution in [2.45, 2.75) is 0 Å². The Morgan fingerprint density at radius 2 is 1.00 bits per heavy atom. The second-order valence-electron chi connectivity index (χ2n) is 4.03. The average molecular weight is 355 g/mol. The predicted octanol–water partition coefficient (Wildman–Crippen LogP) is 1.17. The van der Waals surface area contributed by atoms with Crippen LogP contribution in [-0.4, -0.2) is 70.9 Å². The van der Waals surface area contributed by atoms with Crippen molar-refractivity contribution in [3.8, 4) is 0 Å². The third-order valence-electron chi connectivity index (χ3n) is 2.35. The van der Waals surface area contributed by atoms with E-state index in [1.54, 1.807) is 35.3 Å². The summed E-state index contributed by atoms with van der Waals surface area (Å²) in [6.45, 7) is 1.42. The molecule has 0 atom stereocenters. The number of carbonyl (C=O) groups is 2. The van der Waals surface area contributed by atoms with E-state index in [0.717, 1.165) is 34.5 Å². The van der Waals surface area contributed by atoms with E-state index in [9.17, 15) is 9.59 Å². The highest BCUT2D eigenvalue weighted by molar-refractivity contribution is 8.04. The van der Waals surface area contributed by atoms with Crippen LogP contribution in [0.5, 0.6) is 0 Å². The Balaban J connectivity index is 2.19. The highest BCUT2D eigenvalue weighted by Gasteiger charge is 2.03. The van der Waals surface area contributed by atoms with Crippen LogP contribution in [0.1, 0.15) is 0 Å². The van der Waals surface area contributed by atoms with Gasteiger partial charge in [0, 0.05) is 47.6 Å². The normalized spacial score (nSPS) is 22.2. The summed E-state index contributed by atoms with van der Waals surface area (Å²) in [6, 6.07) is 0. The molecule has 8 heteroatoms. The van der Waals surface area contributed by atoms with E-state index in [0.29, 0.717) is 24.6 Å². The van der Waals surface area contributed by atoms with Crippen molar-refractivity contribution >= 4 is 58.9 Å². The zero-order valence-corrected chi connectivity index (χ0v) is 14.8. The number of rotatable bonds is 0. The van der Waals surface area contributed by atoms with Crippen LogP contribution < -0.4 is 10.6 Å². The van der Waals surface area contributed by atoms with E-state index in [-0.39, 0.29) is 11.8 Å². The van der Waals surface area contributed by atoms with Gasteiger partial charge >= 0.3 is 0 Å². The molecule has 1 saturated heterocycles. The molecule has 0 aliphatic carbocycles. The quantitative estimate of drug-likeness (QED) is 0.681. The SMILES string of the molecule is O=C1CSCCSCCSCC(=O)NCCSCCN1. The smallest absolute Gasteiger partial charge is 0.230 e. The molecule has 0 aromatic carbocycles. The van der Waals surface area contributed by atoms with E-state index in [1.165, 1.54) is 0 Å². The van der Waals surface area contributed by atoms with Crippen molar-refractivity contribution in [3.05, 3.63) is 0 Å². The summed E-state index contributed by atoms with van der Waals surface area (Å²) in [7, 11) is 0. The molecule has 0 unspecified atom stereocenters. The highest BCUT2D eigenvalue weighted by atomic mass is 32.2. The van der Waals surface area contributed by atoms with Crippen molar-refractivity contribution in [2.24, 2.45) is 0 Å². The molecule has 0 saturated carbocycles. The minimum atomic E-state index is 0.130. The Labute approximate surface area is 138 Å². The summed E-state index contributed by atoms with van der Waals surface area (Å²) < 4.78 is 0. The van der Waals surface area contributed by atoms with Crippen LogP contribution in [0.3, 0.4) is 0 Å². The fourth-order valence-corrected chi connectivity index (χ4v) is 5.05. The van der Waals surface area contributed by atoms with Gasteiger partial charge in [0.2, 0.25) is 11.8 Å². The maximum Gasteiger partial charge on any atom is 0.230 e. The fourth-order valence-electron chi connectivity index (χ4n) is 1.40. The summed E-state index contributed by atoms with van der Waals surface area (Å²) in [5.74, 6) is 7.35. The highest BCUT2D eigenvalue weighted by Crippen LogP contribution is 2.10. The molecule has 116 valence electrons. The maximum absolute atomic E-state index is 11.5. The Morgan fingerprint density at radius 1 is 0.600 bits per heavy atom. The lowest BCUT2D eigenvalue weighted by Crippen LogP contribution is -2.29. The Morgan fingerprint density at radius 3 is 1.50 bits per heavy atom. The minimum absolute atomic E-state index is 0.130. The van der Waals surface area contributed by atoms with Crippen molar-refractivity contribution in [3.63, 3.8) is 0 Å². The summed E-state index contributed by atoms with van der Waals surface area (Å²) in [6.07, 6.45) is 0. The van der Waals surface area contributed by atoms with Gasteiger partial charge in [-0.1, -0.05) is 0 Å². The van der Waals surface area contributed by atoms with E-state index < -0.39 is 0 Å². The molecule has 0 radical (unpaired) electrons. The molecule has 0 aromatic heterocycles. The molecule has 1 aliphatic heterocycles. The lowest BCUT2D eigenvalue weighted by Gasteiger charge is -2.08. The molecule has 2 N–H and O–H groups in total. The third kappa shape index (κ3) is 11.0. The van der Waals surface area contributed by atoms with Gasteiger partial charge in [0.1, 0.15) is 0 Å². The van der Waals surface area contributed by atoms with E-state index in [2.05, 4.69) is 10.6 Å². The van der Waals surface area contributed by atoms with Gasteiger partial charge in [-0.25, -0.2) is 0 Å². The molecular formula is C12H22N2O2S4. The van der Waals surface area contributed by atoms with Gasteiger partial charge < -0.3 is 10.6 Å². The number of amides is 2. The zero-order chi connectivity index (χ0) is 14.5. The molecular weight excluding hydrogens is 332 g/mol. The van der Waals surface area contributed by atoms with Crippen LogP contribution in [0.25, 0.3) is 0 Å². The van der Waals surface area contributed by atoms with Crippen LogP contribution in [0.2, 0.25) is 0 Å². The second-order valence-corrected chi connectivity index (χ2v) is 8.69. The lowest BCUT2D eigenvalue weighted by molar-refractivity contribution is -0.119. The van der Waals surface area contributed by atoms with Crippen LogP contribution in [-0.2, 0) is 9.59 Å². The average Bonchev–Trinajstić information content (AvgIpc) is 2.43. The number of hydrogen-bond donors (Lipinski definition) is 2. The first-order valence-electron chi connectivity index (χ1n) is 6.63. The molecule has 0 bridgehead atoms. The van der Waals surface area contributed by atoms with Gasteiger partial charge in [0.25, 0.3) is 0 Å². The van der Waals surface area contributed by atoms with Crippen LogP contribution in [0, 0.1) is 0 Å². The summed E-state index contributed by atoms with van der Waals surface area (Å²) >= 11 is 7.03. The van der Waals surface area contributed by atoms with Gasteiger partial charge in [-0.05, 0) is 0 Å². The monoisotopic (exact) mass is 354 g/mol. The molecule has 0 aromatic rings. The largest absolute Gasteiger partial charge is 0.355 e. The van der Waals surface area contributed by atoms with E-state index in [1.807, 2.05) is 11.8 Å². The number of nitrogens with one attached hydrogen (secondary N) is 2. The minimum Gasteiger partial charge on any atom is -0.355 e. The third-order valence-corrected chi connectivity index (χ3v) is 6.75. The molecule has 20 heavy (non-hydrogen) atoms. The van der Waals surface area contributed by atoms with E-state index in [4.69, 9.17) is 0 Å². The van der Waals surface area contributed by atoms with Gasteiger partial charge in [-0.2, -0.15) is 47.0 Å². The van der Waals surface area contributed by atoms with Crippen molar-refractivity contribution < 1.29 is 9.59 Å². The molecule has 2 amide bonds. The molecule has 1 aliphatic rings. The first-order valence-corrected chi connectivity index (χ1v) is 11.3. The van der Waals surface area contributed by atoms with Crippen molar-refractivity contribution in [2.75, 3.05) is 59.1 Å². The topological polar surface area (TPSA) is 58.2 Å². The van der Waals surface area contributed by atoms with Gasteiger partial charge in [-0.3, -0.25) is 9.59 Å². The summed E-state index contributed by atoms with van der Waals surface area (Å²) in [5, 5.41) is 5.83. The van der Waals surface area contributed by atoms with E-state index >= 15 is 0 Å². The lowest BCUT2D eigenvalue weighted by atomic mass is 10.6. The van der Waals surface area contributed by atoms with Crippen molar-refractivity contribution in [1.29, 1.82) is 0 Å². The Hall–Kier alpha value is 0.340. The molecule has 1 rings (SSSR count). The number of carbonyl (C=O) groups excluding carboxylic acids is 2. The number of thioether (sulfide) groups is 4. The second kappa shape index (κ2) is 13.0. The van der Waals surface area contributed by atoms with Crippen molar-refractivity contribution in [1.82, 2.24) is 10.6 Å². The standard InChI is InChI=1S/C12H22N2O2S4/c15-11-9-19-7-5-18-6-8-20-10-12(16)14-2-4-17-3-1-13-11/h1-10H2,(H,13,15)(H,14,16). The molecule has 0 spiro atoms. The van der Waals surface area contributed by atoms with Gasteiger partial charge in [0.05, 0.1) is 11.5 Å². The van der Waals surface area contributed by atoms with Crippen LogP contribution in [0.15, 0.2) is 0 Å². The van der Waals surface area contributed by atoms with Crippen LogP contribution in [0.4, 0.5) is 0 Å². The first kappa shape index (κ1) is 18.4. The predicted molar refractivity (Wildman–Crippen MR) is 95.3 cm³/mol. The summed E-state index contributed by atoms with van der Waals surface area (Å²) in [4.78, 5) is 23.0. The Kier molecular flexibility index (Phi) is 12.0.